The standard InChI is InChI=1S/C13H18Cl2N2O3S/c1-2-3-4-5-6-17-13(18)9-7-12(21(16,19)20)11(15)8-10(9)14/h7-8H,2-6H2,1H3,(H,17,18)(H2,16,19,20). The number of rotatable bonds is 7. The van der Waals surface area contributed by atoms with Gasteiger partial charge < -0.3 is 5.32 Å². The summed E-state index contributed by atoms with van der Waals surface area (Å²) in [5.74, 6) is -0.446. The number of amides is 1. The molecule has 1 amide bonds. The van der Waals surface area contributed by atoms with Crippen LogP contribution in [0, 0.1) is 0 Å². The lowest BCUT2D eigenvalue weighted by atomic mass is 10.2. The van der Waals surface area contributed by atoms with Crippen molar-refractivity contribution in [3.8, 4) is 0 Å². The zero-order valence-corrected chi connectivity index (χ0v) is 14.0. The average Bonchev–Trinajstić information content (AvgIpc) is 2.36. The molecule has 0 fully saturated rings. The number of nitrogens with one attached hydrogen (secondary N) is 1. The molecule has 1 aromatic carbocycles. The van der Waals surface area contributed by atoms with Gasteiger partial charge >= 0.3 is 0 Å². The van der Waals surface area contributed by atoms with Crippen molar-refractivity contribution < 1.29 is 13.2 Å². The minimum atomic E-state index is -4.01. The quantitative estimate of drug-likeness (QED) is 0.739. The number of unbranched alkanes of at least 4 members (excludes halogenated alkanes) is 3. The molecule has 0 saturated carbocycles. The topological polar surface area (TPSA) is 89.3 Å². The molecule has 0 aliphatic heterocycles. The molecule has 0 atom stereocenters. The van der Waals surface area contributed by atoms with Crippen molar-refractivity contribution in [3.05, 3.63) is 27.7 Å². The molecule has 0 heterocycles. The first-order valence-corrected chi connectivity index (χ1v) is 8.87. The maximum atomic E-state index is 12.0. The largest absolute Gasteiger partial charge is 0.352 e. The molecule has 0 aliphatic rings. The first kappa shape index (κ1) is 18.2. The summed E-state index contributed by atoms with van der Waals surface area (Å²) in [4.78, 5) is 11.7. The fraction of sp³-hybridized carbons (Fsp3) is 0.462. The van der Waals surface area contributed by atoms with Gasteiger partial charge in [-0.3, -0.25) is 4.79 Å². The van der Waals surface area contributed by atoms with Gasteiger partial charge in [-0.1, -0.05) is 49.4 Å². The van der Waals surface area contributed by atoms with Gasteiger partial charge in [0.25, 0.3) is 5.91 Å². The van der Waals surface area contributed by atoms with Gasteiger partial charge in [-0.2, -0.15) is 0 Å². The van der Waals surface area contributed by atoms with E-state index >= 15 is 0 Å². The Balaban J connectivity index is 2.85. The Morgan fingerprint density at radius 1 is 1.19 bits per heavy atom. The Bertz CT molecular complexity index is 618. The van der Waals surface area contributed by atoms with Crippen molar-refractivity contribution in [2.75, 3.05) is 6.54 Å². The normalized spacial score (nSPS) is 11.4. The second-order valence-corrected chi connectivity index (χ2v) is 6.97. The molecule has 1 rings (SSSR count). The minimum Gasteiger partial charge on any atom is -0.352 e. The molecule has 0 aromatic heterocycles. The number of primary sulfonamides is 1. The van der Waals surface area contributed by atoms with Gasteiger partial charge in [0.05, 0.1) is 15.6 Å². The van der Waals surface area contributed by atoms with E-state index in [4.69, 9.17) is 28.3 Å². The molecular formula is C13H18Cl2N2O3S. The lowest BCUT2D eigenvalue weighted by Gasteiger charge is -2.09. The van der Waals surface area contributed by atoms with Crippen molar-refractivity contribution >= 4 is 39.1 Å². The highest BCUT2D eigenvalue weighted by molar-refractivity contribution is 7.89. The molecule has 0 aliphatic carbocycles. The molecule has 0 spiro atoms. The third-order valence-corrected chi connectivity index (χ3v) is 4.58. The van der Waals surface area contributed by atoms with E-state index in [9.17, 15) is 13.2 Å². The smallest absolute Gasteiger partial charge is 0.252 e. The van der Waals surface area contributed by atoms with Gasteiger partial charge in [-0.05, 0) is 18.6 Å². The summed E-state index contributed by atoms with van der Waals surface area (Å²) in [6.45, 7) is 2.60. The molecule has 8 heteroatoms. The molecule has 1 aromatic rings. The third-order valence-electron chi connectivity index (χ3n) is 2.89. The van der Waals surface area contributed by atoms with E-state index in [0.717, 1.165) is 31.7 Å². The Labute approximate surface area is 134 Å². The SMILES string of the molecule is CCCCCCNC(=O)c1cc(S(N)(=O)=O)c(Cl)cc1Cl. The Morgan fingerprint density at radius 3 is 2.43 bits per heavy atom. The predicted octanol–water partition coefficient (Wildman–Crippen LogP) is 2.95. The van der Waals surface area contributed by atoms with Crippen LogP contribution in [0.1, 0.15) is 43.0 Å². The number of halogens is 2. The number of nitrogens with two attached hydrogens (primary N) is 1. The number of hydrogen-bond donors (Lipinski definition) is 2. The summed E-state index contributed by atoms with van der Waals surface area (Å²) in [5.41, 5.74) is 0.0422. The van der Waals surface area contributed by atoms with E-state index < -0.39 is 15.9 Å². The van der Waals surface area contributed by atoms with E-state index in [1.54, 1.807) is 0 Å². The molecule has 0 unspecified atom stereocenters. The van der Waals surface area contributed by atoms with Crippen LogP contribution in [0.15, 0.2) is 17.0 Å². The second kappa shape index (κ2) is 7.98. The van der Waals surface area contributed by atoms with Crippen LogP contribution in [-0.4, -0.2) is 20.9 Å². The summed E-state index contributed by atoms with van der Waals surface area (Å²) >= 11 is 11.7. The fourth-order valence-electron chi connectivity index (χ4n) is 1.77. The van der Waals surface area contributed by atoms with Gasteiger partial charge in [-0.15, -0.1) is 0 Å². The first-order chi connectivity index (χ1) is 9.77. The fourth-order valence-corrected chi connectivity index (χ4v) is 3.17. The molecule has 118 valence electrons. The van der Waals surface area contributed by atoms with E-state index in [-0.39, 0.29) is 20.5 Å². The van der Waals surface area contributed by atoms with Crippen LogP contribution in [0.2, 0.25) is 10.0 Å². The molecule has 0 radical (unpaired) electrons. The number of hydrogen-bond acceptors (Lipinski definition) is 3. The van der Waals surface area contributed by atoms with Crippen LogP contribution in [-0.2, 0) is 10.0 Å². The summed E-state index contributed by atoms with van der Waals surface area (Å²) in [6.07, 6.45) is 4.09. The summed E-state index contributed by atoms with van der Waals surface area (Å²) < 4.78 is 22.8. The maximum absolute atomic E-state index is 12.0. The van der Waals surface area contributed by atoms with Gasteiger partial charge in [-0.25, -0.2) is 13.6 Å². The number of carbonyl (C=O) groups excluding carboxylic acids is 1. The van der Waals surface area contributed by atoms with Crippen molar-refractivity contribution in [2.24, 2.45) is 5.14 Å². The van der Waals surface area contributed by atoms with E-state index in [0.29, 0.717) is 6.54 Å². The zero-order chi connectivity index (χ0) is 16.0. The molecule has 0 saturated heterocycles. The average molecular weight is 353 g/mol. The van der Waals surface area contributed by atoms with Gasteiger partial charge in [0, 0.05) is 6.54 Å². The van der Waals surface area contributed by atoms with Crippen LogP contribution >= 0.6 is 23.2 Å². The molecule has 5 nitrogen and oxygen atoms in total. The monoisotopic (exact) mass is 352 g/mol. The summed E-state index contributed by atoms with van der Waals surface area (Å²) in [5, 5.41) is 7.71. The highest BCUT2D eigenvalue weighted by atomic mass is 35.5. The van der Waals surface area contributed by atoms with Crippen LogP contribution < -0.4 is 10.5 Å². The van der Waals surface area contributed by atoms with E-state index in [1.807, 2.05) is 0 Å². The Kier molecular flexibility index (Phi) is 6.93. The van der Waals surface area contributed by atoms with Crippen molar-refractivity contribution in [1.29, 1.82) is 0 Å². The summed E-state index contributed by atoms with van der Waals surface area (Å²) in [7, 11) is -4.01. The molecule has 0 bridgehead atoms. The maximum Gasteiger partial charge on any atom is 0.252 e. The van der Waals surface area contributed by atoms with Crippen molar-refractivity contribution in [3.63, 3.8) is 0 Å². The number of carbonyl (C=O) groups is 1. The van der Waals surface area contributed by atoms with Crippen LogP contribution in [0.3, 0.4) is 0 Å². The first-order valence-electron chi connectivity index (χ1n) is 6.57. The van der Waals surface area contributed by atoms with Crippen LogP contribution in [0.5, 0.6) is 0 Å². The molecule has 21 heavy (non-hydrogen) atoms. The number of sulfonamides is 1. The Morgan fingerprint density at radius 2 is 1.86 bits per heavy atom. The molecule has 3 N–H and O–H groups in total. The highest BCUT2D eigenvalue weighted by Crippen LogP contribution is 2.27. The zero-order valence-electron chi connectivity index (χ0n) is 11.7. The van der Waals surface area contributed by atoms with Crippen LogP contribution in [0.4, 0.5) is 0 Å². The van der Waals surface area contributed by atoms with Crippen molar-refractivity contribution in [2.45, 2.75) is 37.5 Å². The van der Waals surface area contributed by atoms with E-state index in [2.05, 4.69) is 12.2 Å². The lowest BCUT2D eigenvalue weighted by Crippen LogP contribution is -2.25. The third kappa shape index (κ3) is 5.47. The van der Waals surface area contributed by atoms with Gasteiger partial charge in [0.15, 0.2) is 0 Å². The van der Waals surface area contributed by atoms with Gasteiger partial charge in [0.1, 0.15) is 4.90 Å². The highest BCUT2D eigenvalue weighted by Gasteiger charge is 2.19. The molecular weight excluding hydrogens is 335 g/mol. The van der Waals surface area contributed by atoms with Crippen molar-refractivity contribution in [1.82, 2.24) is 5.32 Å². The van der Waals surface area contributed by atoms with Gasteiger partial charge in [0.2, 0.25) is 10.0 Å². The predicted molar refractivity (Wildman–Crippen MR) is 84.3 cm³/mol. The van der Waals surface area contributed by atoms with E-state index in [1.165, 1.54) is 6.07 Å². The minimum absolute atomic E-state index is 0.0422. The second-order valence-electron chi connectivity index (χ2n) is 4.62. The van der Waals surface area contributed by atoms with Crippen LogP contribution in [0.25, 0.3) is 0 Å². The summed E-state index contributed by atoms with van der Waals surface area (Å²) in [6, 6.07) is 2.30. The number of benzene rings is 1. The lowest BCUT2D eigenvalue weighted by molar-refractivity contribution is 0.0953. The Hall–Kier alpha value is -0.820.